The lowest BCUT2D eigenvalue weighted by atomic mass is 10.0. The van der Waals surface area contributed by atoms with Gasteiger partial charge in [-0.05, 0) is 24.7 Å². The lowest BCUT2D eigenvalue weighted by Gasteiger charge is -2.16. The summed E-state index contributed by atoms with van der Waals surface area (Å²) in [6.07, 6.45) is 4.75. The third-order valence-corrected chi connectivity index (χ3v) is 4.25. The van der Waals surface area contributed by atoms with E-state index in [-0.39, 0.29) is 5.75 Å². The van der Waals surface area contributed by atoms with E-state index in [1.165, 1.54) is 31.0 Å². The van der Waals surface area contributed by atoms with Crippen molar-refractivity contribution in [1.29, 1.82) is 0 Å². The predicted octanol–water partition coefficient (Wildman–Crippen LogP) is 1.62. The summed E-state index contributed by atoms with van der Waals surface area (Å²) in [6.45, 7) is 2.98. The normalized spacial score (nSPS) is 16.7. The monoisotopic (exact) mass is 270 g/mol. The molecule has 0 atom stereocenters. The number of aromatic nitrogens is 3. The number of nitrogen functional groups attached to an aromatic ring is 1. The zero-order chi connectivity index (χ0) is 13.2. The van der Waals surface area contributed by atoms with E-state index >= 15 is 0 Å². The second kappa shape index (κ2) is 5.17. The van der Waals surface area contributed by atoms with Gasteiger partial charge in [-0.1, -0.05) is 25.1 Å². The number of nitrogens with two attached hydrogens (primary N) is 1. The van der Waals surface area contributed by atoms with Gasteiger partial charge in [0.2, 0.25) is 5.95 Å². The van der Waals surface area contributed by atoms with Crippen LogP contribution in [0.4, 0.5) is 5.95 Å². The molecule has 6 nitrogen and oxygen atoms in total. The van der Waals surface area contributed by atoms with Gasteiger partial charge in [-0.15, -0.1) is 10.2 Å². The Balaban J connectivity index is 2.07. The molecule has 1 aromatic rings. The third kappa shape index (κ3) is 2.95. The van der Waals surface area contributed by atoms with Crippen molar-refractivity contribution in [2.75, 3.05) is 11.5 Å². The Bertz CT molecular complexity index is 442. The molecule has 18 heavy (non-hydrogen) atoms. The van der Waals surface area contributed by atoms with Crippen LogP contribution in [0.3, 0.4) is 0 Å². The van der Waals surface area contributed by atoms with Crippen LogP contribution in [-0.4, -0.2) is 31.6 Å². The maximum Gasteiger partial charge on any atom is 0.313 e. The highest BCUT2D eigenvalue weighted by atomic mass is 32.2. The van der Waals surface area contributed by atoms with Crippen molar-refractivity contribution in [1.82, 2.24) is 14.8 Å². The van der Waals surface area contributed by atoms with E-state index in [9.17, 15) is 4.79 Å². The first kappa shape index (κ1) is 13.2. The van der Waals surface area contributed by atoms with Gasteiger partial charge in [0, 0.05) is 6.54 Å². The van der Waals surface area contributed by atoms with E-state index in [1.54, 1.807) is 0 Å². The van der Waals surface area contributed by atoms with E-state index in [0.717, 1.165) is 13.0 Å². The molecule has 1 aliphatic rings. The summed E-state index contributed by atoms with van der Waals surface area (Å²) in [4.78, 5) is 10.6. The van der Waals surface area contributed by atoms with Crippen LogP contribution in [0.5, 0.6) is 0 Å². The van der Waals surface area contributed by atoms with Crippen LogP contribution in [0.25, 0.3) is 0 Å². The molecule has 0 aliphatic heterocycles. The van der Waals surface area contributed by atoms with Gasteiger partial charge in [-0.25, -0.2) is 0 Å². The van der Waals surface area contributed by atoms with Crippen LogP contribution in [0.15, 0.2) is 5.16 Å². The molecule has 0 radical (unpaired) electrons. The minimum atomic E-state index is -0.859. The zero-order valence-electron chi connectivity index (χ0n) is 10.4. The molecule has 0 saturated heterocycles. The van der Waals surface area contributed by atoms with Gasteiger partial charge in [-0.3, -0.25) is 9.36 Å². The Kier molecular flexibility index (Phi) is 3.79. The quantitative estimate of drug-likeness (QED) is 0.731. The number of carboxylic acid groups (broad SMARTS) is 1. The number of carbonyl (C=O) groups is 1. The lowest BCUT2D eigenvalue weighted by molar-refractivity contribution is -0.133. The van der Waals surface area contributed by atoms with Crippen LogP contribution in [-0.2, 0) is 11.3 Å². The number of carboxylic acids is 1. The van der Waals surface area contributed by atoms with E-state index < -0.39 is 5.97 Å². The Morgan fingerprint density at radius 2 is 2.28 bits per heavy atom. The van der Waals surface area contributed by atoms with E-state index in [2.05, 4.69) is 17.1 Å². The molecular formula is C11H18N4O2S. The molecule has 1 fully saturated rings. The highest BCUT2D eigenvalue weighted by Crippen LogP contribution is 2.51. The number of rotatable bonds is 7. The fourth-order valence-electron chi connectivity index (χ4n) is 2.21. The molecule has 1 aromatic heterocycles. The molecule has 0 spiro atoms. The first-order valence-corrected chi connectivity index (χ1v) is 7.08. The average molecular weight is 270 g/mol. The van der Waals surface area contributed by atoms with Gasteiger partial charge in [0.25, 0.3) is 0 Å². The maximum atomic E-state index is 10.6. The van der Waals surface area contributed by atoms with Crippen molar-refractivity contribution in [3.63, 3.8) is 0 Å². The molecule has 0 unspecified atom stereocenters. The van der Waals surface area contributed by atoms with Crippen molar-refractivity contribution in [3.05, 3.63) is 0 Å². The molecule has 2 rings (SSSR count). The highest BCUT2D eigenvalue weighted by molar-refractivity contribution is 7.99. The Hall–Kier alpha value is -1.24. The van der Waals surface area contributed by atoms with Crippen LogP contribution < -0.4 is 5.73 Å². The van der Waals surface area contributed by atoms with Crippen molar-refractivity contribution < 1.29 is 9.90 Å². The second-order valence-electron chi connectivity index (χ2n) is 4.86. The molecule has 0 bridgehead atoms. The van der Waals surface area contributed by atoms with Gasteiger partial charge >= 0.3 is 5.97 Å². The maximum absolute atomic E-state index is 10.6. The minimum absolute atomic E-state index is 0.0150. The SMILES string of the molecule is CCCC1(Cn2c(N)nnc2SCC(=O)O)CC1. The van der Waals surface area contributed by atoms with Gasteiger partial charge < -0.3 is 10.8 Å². The second-order valence-corrected chi connectivity index (χ2v) is 5.80. The van der Waals surface area contributed by atoms with Crippen LogP contribution in [0.1, 0.15) is 32.6 Å². The van der Waals surface area contributed by atoms with Gasteiger partial charge in [0.1, 0.15) is 0 Å². The predicted molar refractivity (Wildman–Crippen MR) is 69.4 cm³/mol. The summed E-state index contributed by atoms with van der Waals surface area (Å²) in [6, 6.07) is 0. The van der Waals surface area contributed by atoms with E-state index in [1.807, 2.05) is 4.57 Å². The standard InChI is InChI=1S/C11H18N4O2S/c1-2-3-11(4-5-11)7-15-9(12)13-14-10(15)18-6-8(16)17/h2-7H2,1H3,(H2,12,13)(H,16,17). The molecule has 1 saturated carbocycles. The molecule has 1 heterocycles. The molecule has 100 valence electrons. The van der Waals surface area contributed by atoms with Gasteiger partial charge in [0.05, 0.1) is 5.75 Å². The first-order chi connectivity index (χ1) is 8.56. The van der Waals surface area contributed by atoms with E-state index in [4.69, 9.17) is 10.8 Å². The number of nitrogens with zero attached hydrogens (tertiary/aromatic N) is 3. The highest BCUT2D eigenvalue weighted by Gasteiger charge is 2.42. The fraction of sp³-hybridized carbons (Fsp3) is 0.727. The number of anilines is 1. The number of hydrogen-bond donors (Lipinski definition) is 2. The summed E-state index contributed by atoms with van der Waals surface area (Å²) in [5, 5.41) is 17.1. The number of thioether (sulfide) groups is 1. The average Bonchev–Trinajstić information content (AvgIpc) is 2.98. The summed E-state index contributed by atoms with van der Waals surface area (Å²) < 4.78 is 1.86. The van der Waals surface area contributed by atoms with Crippen LogP contribution in [0, 0.1) is 5.41 Å². The minimum Gasteiger partial charge on any atom is -0.481 e. The summed E-state index contributed by atoms with van der Waals surface area (Å²) in [7, 11) is 0. The Morgan fingerprint density at radius 1 is 1.56 bits per heavy atom. The van der Waals surface area contributed by atoms with Crippen molar-refractivity contribution in [3.8, 4) is 0 Å². The third-order valence-electron chi connectivity index (χ3n) is 3.30. The summed E-state index contributed by atoms with van der Waals surface area (Å²) >= 11 is 1.17. The number of hydrogen-bond acceptors (Lipinski definition) is 5. The van der Waals surface area contributed by atoms with Crippen molar-refractivity contribution in [2.45, 2.75) is 44.3 Å². The molecule has 1 aliphatic carbocycles. The lowest BCUT2D eigenvalue weighted by Crippen LogP contribution is -2.15. The van der Waals surface area contributed by atoms with Gasteiger partial charge in [-0.2, -0.15) is 0 Å². The molecule has 0 aromatic carbocycles. The fourth-order valence-corrected chi connectivity index (χ4v) is 2.88. The smallest absolute Gasteiger partial charge is 0.313 e. The van der Waals surface area contributed by atoms with Crippen molar-refractivity contribution >= 4 is 23.7 Å². The molecule has 7 heteroatoms. The topological polar surface area (TPSA) is 94.0 Å². The zero-order valence-corrected chi connectivity index (χ0v) is 11.2. The van der Waals surface area contributed by atoms with Crippen LogP contribution in [0.2, 0.25) is 0 Å². The number of aliphatic carboxylic acids is 1. The molecule has 3 N–H and O–H groups in total. The Morgan fingerprint density at radius 3 is 2.83 bits per heavy atom. The molecule has 0 amide bonds. The Labute approximate surface area is 110 Å². The van der Waals surface area contributed by atoms with Gasteiger partial charge in [0.15, 0.2) is 5.16 Å². The first-order valence-electron chi connectivity index (χ1n) is 6.09. The van der Waals surface area contributed by atoms with Crippen molar-refractivity contribution in [2.24, 2.45) is 5.41 Å². The largest absolute Gasteiger partial charge is 0.481 e. The molecular weight excluding hydrogens is 252 g/mol. The summed E-state index contributed by atoms with van der Waals surface area (Å²) in [5.41, 5.74) is 6.14. The summed E-state index contributed by atoms with van der Waals surface area (Å²) in [5.74, 6) is -0.494. The van der Waals surface area contributed by atoms with Crippen LogP contribution >= 0.6 is 11.8 Å². The van der Waals surface area contributed by atoms with E-state index in [0.29, 0.717) is 16.5 Å².